The smallest absolute Gasteiger partial charge is 0.250 e. The van der Waals surface area contributed by atoms with Crippen molar-refractivity contribution >= 4 is 10.0 Å². The standard InChI is InChI=1S/C16H17FN4O3S/c1-9-14(16-21-20-11(3)24-16)15(10(2)19-9)25(22,23)18-8-12-4-6-13(17)7-5-12/h4-7,18-19H,8H2,1-3H3. The van der Waals surface area contributed by atoms with Gasteiger partial charge in [-0.3, -0.25) is 0 Å². The Kier molecular flexibility index (Phi) is 4.44. The zero-order chi connectivity index (χ0) is 18.2. The van der Waals surface area contributed by atoms with Crippen molar-refractivity contribution in [3.8, 4) is 11.5 Å². The molecule has 0 bridgehead atoms. The van der Waals surface area contributed by atoms with Gasteiger partial charge in [-0.2, -0.15) is 0 Å². The number of hydrogen-bond donors (Lipinski definition) is 2. The van der Waals surface area contributed by atoms with E-state index in [1.165, 1.54) is 24.3 Å². The molecule has 0 atom stereocenters. The lowest BCUT2D eigenvalue weighted by molar-refractivity contribution is 0.530. The third kappa shape index (κ3) is 3.47. The third-order valence-electron chi connectivity index (χ3n) is 3.71. The van der Waals surface area contributed by atoms with Gasteiger partial charge in [-0.1, -0.05) is 12.1 Å². The molecule has 0 fully saturated rings. The van der Waals surface area contributed by atoms with Crippen molar-refractivity contribution in [3.63, 3.8) is 0 Å². The second-order valence-electron chi connectivity index (χ2n) is 5.66. The van der Waals surface area contributed by atoms with Crippen LogP contribution in [0.15, 0.2) is 33.6 Å². The van der Waals surface area contributed by atoms with Gasteiger partial charge in [-0.15, -0.1) is 10.2 Å². The first-order valence-corrected chi connectivity index (χ1v) is 9.00. The number of aryl methyl sites for hydroxylation is 3. The van der Waals surface area contributed by atoms with Crippen molar-refractivity contribution in [1.82, 2.24) is 19.9 Å². The summed E-state index contributed by atoms with van der Waals surface area (Å²) in [5, 5.41) is 7.68. The van der Waals surface area contributed by atoms with Crippen LogP contribution in [0.1, 0.15) is 22.8 Å². The Hall–Kier alpha value is -2.52. The van der Waals surface area contributed by atoms with Gasteiger partial charge in [0.1, 0.15) is 10.7 Å². The first-order valence-electron chi connectivity index (χ1n) is 7.51. The summed E-state index contributed by atoms with van der Waals surface area (Å²) >= 11 is 0. The van der Waals surface area contributed by atoms with Crippen LogP contribution < -0.4 is 4.72 Å². The van der Waals surface area contributed by atoms with Crippen LogP contribution in [0.5, 0.6) is 0 Å². The van der Waals surface area contributed by atoms with Gasteiger partial charge in [-0.25, -0.2) is 17.5 Å². The maximum Gasteiger partial charge on any atom is 0.250 e. The number of halogens is 1. The Morgan fingerprint density at radius 3 is 2.40 bits per heavy atom. The van der Waals surface area contributed by atoms with Crippen molar-refractivity contribution in [2.75, 3.05) is 0 Å². The number of hydrogen-bond acceptors (Lipinski definition) is 5. The molecule has 0 aliphatic heterocycles. The van der Waals surface area contributed by atoms with Crippen LogP contribution in [-0.4, -0.2) is 23.6 Å². The summed E-state index contributed by atoms with van der Waals surface area (Å²) in [4.78, 5) is 3.06. The van der Waals surface area contributed by atoms with E-state index in [-0.39, 0.29) is 23.1 Å². The Morgan fingerprint density at radius 1 is 1.12 bits per heavy atom. The summed E-state index contributed by atoms with van der Waals surface area (Å²) in [6.07, 6.45) is 0. The number of aromatic amines is 1. The van der Waals surface area contributed by atoms with E-state index < -0.39 is 10.0 Å². The van der Waals surface area contributed by atoms with Crippen LogP contribution >= 0.6 is 0 Å². The summed E-state index contributed by atoms with van der Waals surface area (Å²) in [6.45, 7) is 5.06. The normalized spacial score (nSPS) is 11.8. The number of rotatable bonds is 5. The molecule has 25 heavy (non-hydrogen) atoms. The number of nitrogens with zero attached hydrogens (tertiary/aromatic N) is 2. The maximum atomic E-state index is 13.0. The van der Waals surface area contributed by atoms with Crippen molar-refractivity contribution in [1.29, 1.82) is 0 Å². The fraction of sp³-hybridized carbons (Fsp3) is 0.250. The first kappa shape index (κ1) is 17.3. The fourth-order valence-corrected chi connectivity index (χ4v) is 4.07. The van der Waals surface area contributed by atoms with Crippen LogP contribution in [0.3, 0.4) is 0 Å². The lowest BCUT2D eigenvalue weighted by Gasteiger charge is -2.08. The average molecular weight is 364 g/mol. The Morgan fingerprint density at radius 2 is 1.80 bits per heavy atom. The largest absolute Gasteiger partial charge is 0.421 e. The van der Waals surface area contributed by atoms with E-state index in [0.29, 0.717) is 28.4 Å². The van der Waals surface area contributed by atoms with Gasteiger partial charge >= 0.3 is 0 Å². The minimum atomic E-state index is -3.85. The van der Waals surface area contributed by atoms with Crippen molar-refractivity contribution in [2.45, 2.75) is 32.2 Å². The van der Waals surface area contributed by atoms with Crippen molar-refractivity contribution in [2.24, 2.45) is 0 Å². The number of H-pyrrole nitrogens is 1. The second-order valence-corrected chi connectivity index (χ2v) is 7.36. The summed E-state index contributed by atoms with van der Waals surface area (Å²) in [7, 11) is -3.85. The van der Waals surface area contributed by atoms with Crippen LogP contribution in [0, 0.1) is 26.6 Å². The molecule has 1 aromatic carbocycles. The van der Waals surface area contributed by atoms with Crippen molar-refractivity contribution < 1.29 is 17.2 Å². The van der Waals surface area contributed by atoms with Crippen LogP contribution in [0.25, 0.3) is 11.5 Å². The summed E-state index contributed by atoms with van der Waals surface area (Å²) in [5.74, 6) is 0.107. The highest BCUT2D eigenvalue weighted by Gasteiger charge is 2.28. The van der Waals surface area contributed by atoms with Gasteiger partial charge in [0.15, 0.2) is 0 Å². The number of aromatic nitrogens is 3. The highest BCUT2D eigenvalue weighted by atomic mass is 32.2. The van der Waals surface area contributed by atoms with E-state index in [2.05, 4.69) is 19.9 Å². The predicted molar refractivity (Wildman–Crippen MR) is 88.7 cm³/mol. The molecule has 132 valence electrons. The van der Waals surface area contributed by atoms with E-state index in [1.54, 1.807) is 20.8 Å². The predicted octanol–water partition coefficient (Wildman–Crippen LogP) is 2.61. The van der Waals surface area contributed by atoms with Gasteiger partial charge < -0.3 is 9.40 Å². The Balaban J connectivity index is 1.95. The highest BCUT2D eigenvalue weighted by Crippen LogP contribution is 2.32. The topological polar surface area (TPSA) is 101 Å². The molecular weight excluding hydrogens is 347 g/mol. The van der Waals surface area contributed by atoms with E-state index >= 15 is 0 Å². The molecule has 2 aromatic heterocycles. The van der Waals surface area contributed by atoms with E-state index in [9.17, 15) is 12.8 Å². The van der Waals surface area contributed by atoms with Crippen LogP contribution in [-0.2, 0) is 16.6 Å². The minimum absolute atomic E-state index is 0.0363. The quantitative estimate of drug-likeness (QED) is 0.725. The molecule has 0 spiro atoms. The average Bonchev–Trinajstić information content (AvgIpc) is 3.09. The van der Waals surface area contributed by atoms with E-state index in [4.69, 9.17) is 4.42 Å². The highest BCUT2D eigenvalue weighted by molar-refractivity contribution is 7.89. The van der Waals surface area contributed by atoms with Gasteiger partial charge in [0.2, 0.25) is 15.9 Å². The van der Waals surface area contributed by atoms with Gasteiger partial charge in [0, 0.05) is 24.9 Å². The summed E-state index contributed by atoms with van der Waals surface area (Å²) < 4.78 is 46.5. The van der Waals surface area contributed by atoms with E-state index in [1.807, 2.05) is 0 Å². The molecule has 0 aliphatic rings. The molecule has 3 rings (SSSR count). The molecule has 3 aromatic rings. The molecule has 0 radical (unpaired) electrons. The lowest BCUT2D eigenvalue weighted by Crippen LogP contribution is -2.24. The Labute approximate surface area is 144 Å². The molecule has 9 heteroatoms. The van der Waals surface area contributed by atoms with Gasteiger partial charge in [0.05, 0.1) is 5.56 Å². The minimum Gasteiger partial charge on any atom is -0.421 e. The van der Waals surface area contributed by atoms with Gasteiger partial charge in [0.25, 0.3) is 5.89 Å². The zero-order valence-corrected chi connectivity index (χ0v) is 14.7. The molecule has 0 saturated carbocycles. The number of nitrogens with one attached hydrogen (secondary N) is 2. The molecule has 0 amide bonds. The number of sulfonamides is 1. The number of benzene rings is 1. The summed E-state index contributed by atoms with van der Waals surface area (Å²) in [5.41, 5.74) is 2.08. The molecular formula is C16H17FN4O3S. The zero-order valence-electron chi connectivity index (χ0n) is 13.9. The van der Waals surface area contributed by atoms with Crippen molar-refractivity contribution in [3.05, 3.63) is 52.9 Å². The van der Waals surface area contributed by atoms with Crippen LogP contribution in [0.4, 0.5) is 4.39 Å². The first-order chi connectivity index (χ1) is 11.8. The Bertz CT molecular complexity index is 1010. The molecule has 2 N–H and O–H groups in total. The van der Waals surface area contributed by atoms with E-state index in [0.717, 1.165) is 0 Å². The third-order valence-corrected chi connectivity index (χ3v) is 5.28. The molecule has 7 nitrogen and oxygen atoms in total. The monoisotopic (exact) mass is 364 g/mol. The SMILES string of the molecule is Cc1nnc(-c2c(C)[nH]c(C)c2S(=O)(=O)NCc2ccc(F)cc2)o1. The maximum absolute atomic E-state index is 13.0. The molecule has 2 heterocycles. The van der Waals surface area contributed by atoms with Crippen LogP contribution in [0.2, 0.25) is 0 Å². The fourth-order valence-electron chi connectivity index (χ4n) is 2.60. The van der Waals surface area contributed by atoms with Gasteiger partial charge in [-0.05, 0) is 31.5 Å². The lowest BCUT2D eigenvalue weighted by atomic mass is 10.2. The summed E-state index contributed by atoms with van der Waals surface area (Å²) in [6, 6.07) is 5.61. The molecule has 0 unspecified atom stereocenters. The molecule has 0 aliphatic carbocycles. The second kappa shape index (κ2) is 6.41. The molecule has 0 saturated heterocycles.